The summed E-state index contributed by atoms with van der Waals surface area (Å²) in [6.07, 6.45) is 5.33. The third kappa shape index (κ3) is 3.71. The Bertz CT molecular complexity index is 437. The van der Waals surface area contributed by atoms with E-state index in [4.69, 9.17) is 0 Å². The topological polar surface area (TPSA) is 24.9 Å². The van der Waals surface area contributed by atoms with Crippen molar-refractivity contribution in [2.75, 3.05) is 5.32 Å². The molecule has 1 aromatic heterocycles. The smallest absolute Gasteiger partial charge is 0.106 e. The Morgan fingerprint density at radius 3 is 2.53 bits per heavy atom. The average Bonchev–Trinajstić information content (AvgIpc) is 2.32. The van der Waals surface area contributed by atoms with E-state index in [0.717, 1.165) is 16.2 Å². The van der Waals surface area contributed by atoms with Crippen molar-refractivity contribution in [3.63, 3.8) is 0 Å². The Balaban J connectivity index is 2.15. The van der Waals surface area contributed by atoms with Gasteiger partial charge in [0.2, 0.25) is 0 Å². The molecule has 1 heterocycles. The molecule has 1 saturated carbocycles. The van der Waals surface area contributed by atoms with E-state index in [1.54, 1.807) is 0 Å². The number of aromatic nitrogens is 1. The second kappa shape index (κ2) is 5.82. The molecule has 0 spiro atoms. The number of nitrogens with one attached hydrogen (secondary N) is 1. The second-order valence-corrected chi connectivity index (χ2v) is 7.59. The lowest BCUT2D eigenvalue weighted by Crippen LogP contribution is -2.40. The summed E-state index contributed by atoms with van der Waals surface area (Å²) in [5.74, 6) is 0.740. The highest BCUT2D eigenvalue weighted by Crippen LogP contribution is 2.39. The molecule has 1 aliphatic carbocycles. The van der Waals surface area contributed by atoms with Crippen LogP contribution in [0.3, 0.4) is 0 Å². The Morgan fingerprint density at radius 1 is 1.21 bits per heavy atom. The van der Waals surface area contributed by atoms with Crippen LogP contribution in [-0.4, -0.2) is 11.0 Å². The molecular weight excluding hydrogens is 300 g/mol. The van der Waals surface area contributed by atoms with Gasteiger partial charge >= 0.3 is 0 Å². The molecule has 0 aliphatic heterocycles. The summed E-state index contributed by atoms with van der Waals surface area (Å²) < 4.78 is 0.909. The van der Waals surface area contributed by atoms with Crippen LogP contribution in [0.15, 0.2) is 16.7 Å². The minimum atomic E-state index is 0.370. The van der Waals surface area contributed by atoms with Gasteiger partial charge in [-0.25, -0.2) is 4.98 Å². The Morgan fingerprint density at radius 2 is 1.89 bits per heavy atom. The summed E-state index contributed by atoms with van der Waals surface area (Å²) in [7, 11) is 0. The normalized spacial score (nSPS) is 24.3. The van der Waals surface area contributed by atoms with Crippen LogP contribution in [0.1, 0.15) is 52.1 Å². The lowest BCUT2D eigenvalue weighted by molar-refractivity contribution is 0.163. The van der Waals surface area contributed by atoms with Crippen molar-refractivity contribution in [3.05, 3.63) is 22.4 Å². The van der Waals surface area contributed by atoms with E-state index in [-0.39, 0.29) is 0 Å². The van der Waals surface area contributed by atoms with Gasteiger partial charge in [-0.2, -0.15) is 0 Å². The molecule has 2 nitrogen and oxygen atoms in total. The number of aryl methyl sites for hydroxylation is 1. The van der Waals surface area contributed by atoms with E-state index >= 15 is 0 Å². The molecule has 106 valence electrons. The quantitative estimate of drug-likeness (QED) is 0.759. The Kier molecular flexibility index (Phi) is 4.54. The van der Waals surface area contributed by atoms with Gasteiger partial charge in [0.15, 0.2) is 0 Å². The van der Waals surface area contributed by atoms with E-state index in [2.05, 4.69) is 60.0 Å². The number of pyridine rings is 1. The van der Waals surface area contributed by atoms with Crippen LogP contribution in [0.5, 0.6) is 0 Å². The largest absolute Gasteiger partial charge is 0.381 e. The standard InChI is InChI=1S/C16H25BrN2/c1-11-13(9-10-15(17)18-11)19-14-8-6-5-7-12(14)16(2,3)4/h9-10,12,14,19H,5-8H2,1-4H3. The fourth-order valence-electron chi connectivity index (χ4n) is 3.22. The maximum atomic E-state index is 4.48. The summed E-state index contributed by atoms with van der Waals surface area (Å²) in [5.41, 5.74) is 2.63. The van der Waals surface area contributed by atoms with Crippen LogP contribution in [-0.2, 0) is 0 Å². The Labute approximate surface area is 125 Å². The molecule has 0 radical (unpaired) electrons. The molecule has 2 rings (SSSR count). The molecule has 19 heavy (non-hydrogen) atoms. The van der Waals surface area contributed by atoms with E-state index in [1.165, 1.54) is 31.4 Å². The summed E-state index contributed by atoms with van der Waals surface area (Å²) >= 11 is 3.43. The van der Waals surface area contributed by atoms with Gasteiger partial charge in [-0.1, -0.05) is 33.6 Å². The molecular formula is C16H25BrN2. The molecule has 0 amide bonds. The first-order valence-electron chi connectivity index (χ1n) is 7.27. The van der Waals surface area contributed by atoms with Crippen molar-refractivity contribution in [1.29, 1.82) is 0 Å². The number of hydrogen-bond acceptors (Lipinski definition) is 2. The summed E-state index contributed by atoms with van der Waals surface area (Å²) in [6.45, 7) is 9.17. The maximum Gasteiger partial charge on any atom is 0.106 e. The van der Waals surface area contributed by atoms with Gasteiger partial charge in [-0.3, -0.25) is 0 Å². The van der Waals surface area contributed by atoms with Crippen molar-refractivity contribution >= 4 is 21.6 Å². The zero-order valence-corrected chi connectivity index (χ0v) is 14.0. The first-order chi connectivity index (χ1) is 8.88. The van der Waals surface area contributed by atoms with E-state index in [9.17, 15) is 0 Å². The van der Waals surface area contributed by atoms with Crippen molar-refractivity contribution in [3.8, 4) is 0 Å². The van der Waals surface area contributed by atoms with Crippen LogP contribution in [0, 0.1) is 18.3 Å². The highest BCUT2D eigenvalue weighted by atomic mass is 79.9. The third-order valence-corrected chi connectivity index (χ3v) is 4.71. The third-order valence-electron chi connectivity index (χ3n) is 4.27. The van der Waals surface area contributed by atoms with Gasteiger partial charge in [0.1, 0.15) is 4.60 Å². The summed E-state index contributed by atoms with van der Waals surface area (Å²) in [5, 5.41) is 3.75. The number of hydrogen-bond donors (Lipinski definition) is 1. The second-order valence-electron chi connectivity index (χ2n) is 6.77. The number of rotatable bonds is 2. The lowest BCUT2D eigenvalue weighted by Gasteiger charge is -2.41. The van der Waals surface area contributed by atoms with Gasteiger partial charge in [0, 0.05) is 6.04 Å². The number of halogens is 1. The maximum absolute atomic E-state index is 4.48. The number of anilines is 1. The van der Waals surface area contributed by atoms with E-state index in [1.807, 2.05) is 6.07 Å². The zero-order valence-electron chi connectivity index (χ0n) is 12.5. The monoisotopic (exact) mass is 324 g/mol. The minimum absolute atomic E-state index is 0.370. The fourth-order valence-corrected chi connectivity index (χ4v) is 3.62. The zero-order chi connectivity index (χ0) is 14.0. The lowest BCUT2D eigenvalue weighted by atomic mass is 9.69. The van der Waals surface area contributed by atoms with Crippen molar-refractivity contribution in [2.24, 2.45) is 11.3 Å². The van der Waals surface area contributed by atoms with Gasteiger partial charge in [0.25, 0.3) is 0 Å². The molecule has 0 aromatic carbocycles. The van der Waals surface area contributed by atoms with Crippen LogP contribution in [0.2, 0.25) is 0 Å². The van der Waals surface area contributed by atoms with Crippen molar-refractivity contribution in [2.45, 2.75) is 59.4 Å². The van der Waals surface area contributed by atoms with Gasteiger partial charge in [-0.15, -0.1) is 0 Å². The van der Waals surface area contributed by atoms with Crippen LogP contribution in [0.4, 0.5) is 5.69 Å². The van der Waals surface area contributed by atoms with E-state index < -0.39 is 0 Å². The molecule has 1 N–H and O–H groups in total. The van der Waals surface area contributed by atoms with Crippen molar-refractivity contribution < 1.29 is 0 Å². The molecule has 2 unspecified atom stereocenters. The van der Waals surface area contributed by atoms with Crippen LogP contribution >= 0.6 is 15.9 Å². The van der Waals surface area contributed by atoms with Gasteiger partial charge in [-0.05, 0) is 59.2 Å². The molecule has 1 fully saturated rings. The highest BCUT2D eigenvalue weighted by Gasteiger charge is 2.34. The first-order valence-corrected chi connectivity index (χ1v) is 8.07. The van der Waals surface area contributed by atoms with Gasteiger partial charge < -0.3 is 5.32 Å². The molecule has 1 aromatic rings. The van der Waals surface area contributed by atoms with Crippen LogP contribution in [0.25, 0.3) is 0 Å². The van der Waals surface area contributed by atoms with E-state index in [0.29, 0.717) is 11.5 Å². The molecule has 0 saturated heterocycles. The molecule has 2 atom stereocenters. The predicted octanol–water partition coefficient (Wildman–Crippen LogP) is 5.17. The highest BCUT2D eigenvalue weighted by molar-refractivity contribution is 9.10. The average molecular weight is 325 g/mol. The number of nitrogens with zero attached hydrogens (tertiary/aromatic N) is 1. The molecule has 0 bridgehead atoms. The molecule has 1 aliphatic rings. The predicted molar refractivity (Wildman–Crippen MR) is 85.5 cm³/mol. The fraction of sp³-hybridized carbons (Fsp3) is 0.688. The first kappa shape index (κ1) is 14.8. The van der Waals surface area contributed by atoms with Crippen molar-refractivity contribution in [1.82, 2.24) is 4.98 Å². The summed E-state index contributed by atoms with van der Waals surface area (Å²) in [6, 6.07) is 4.74. The SMILES string of the molecule is Cc1nc(Br)ccc1NC1CCCCC1C(C)(C)C. The molecule has 3 heteroatoms. The Hall–Kier alpha value is -0.570. The summed E-state index contributed by atoms with van der Waals surface area (Å²) in [4.78, 5) is 4.48. The van der Waals surface area contributed by atoms with Crippen LogP contribution < -0.4 is 5.32 Å². The van der Waals surface area contributed by atoms with Gasteiger partial charge in [0.05, 0.1) is 11.4 Å². The minimum Gasteiger partial charge on any atom is -0.381 e.